The molecular weight excluding hydrogens is 230 g/mol. The molecule has 1 aromatic carbocycles. The average Bonchev–Trinajstić information content (AvgIpc) is 2.73. The van der Waals surface area contributed by atoms with Gasteiger partial charge in [-0.25, -0.2) is 0 Å². The maximum atomic E-state index is 5.67. The van der Waals surface area contributed by atoms with Crippen molar-refractivity contribution < 1.29 is 0 Å². The zero-order valence-electron chi connectivity index (χ0n) is 9.71. The van der Waals surface area contributed by atoms with Gasteiger partial charge in [-0.3, -0.25) is 4.68 Å². The molecule has 2 aromatic rings. The lowest BCUT2D eigenvalue weighted by atomic mass is 10.0. The minimum absolute atomic E-state index is 0.0856. The molecule has 0 saturated carbocycles. The molecule has 0 aliphatic carbocycles. The molecule has 0 fully saturated rings. The van der Waals surface area contributed by atoms with E-state index >= 15 is 0 Å². The summed E-state index contributed by atoms with van der Waals surface area (Å²) >= 11 is 5.02. The maximum absolute atomic E-state index is 5.67. The van der Waals surface area contributed by atoms with Gasteiger partial charge in [0.2, 0.25) is 0 Å². The molecule has 0 aliphatic rings. The molecule has 4 heteroatoms. The summed E-state index contributed by atoms with van der Waals surface area (Å²) in [4.78, 5) is 0.506. The summed E-state index contributed by atoms with van der Waals surface area (Å²) in [5, 5.41) is 4.44. The van der Waals surface area contributed by atoms with Crippen LogP contribution < -0.4 is 5.73 Å². The number of nitrogens with zero attached hydrogens (tertiary/aromatic N) is 2. The largest absolute Gasteiger partial charge is 0.393 e. The minimum atomic E-state index is 0.0856. The fraction of sp³-hybridized carbons (Fsp3) is 0.231. The van der Waals surface area contributed by atoms with Crippen molar-refractivity contribution in [2.75, 3.05) is 0 Å². The number of hydrogen-bond donors (Lipinski definition) is 1. The van der Waals surface area contributed by atoms with Crippen LogP contribution in [-0.2, 0) is 0 Å². The van der Waals surface area contributed by atoms with Crippen LogP contribution in [0, 0.1) is 6.92 Å². The number of aromatic nitrogens is 2. The van der Waals surface area contributed by atoms with Gasteiger partial charge in [-0.05, 0) is 18.6 Å². The van der Waals surface area contributed by atoms with E-state index in [0.29, 0.717) is 11.4 Å². The molecule has 2 N–H and O–H groups in total. The molecule has 17 heavy (non-hydrogen) atoms. The van der Waals surface area contributed by atoms with Crippen LogP contribution in [0.3, 0.4) is 0 Å². The molecule has 1 unspecified atom stereocenters. The SMILES string of the molecule is Cc1ccn(C(CC(N)=S)c2ccccc2)n1. The van der Waals surface area contributed by atoms with E-state index in [9.17, 15) is 0 Å². The van der Waals surface area contributed by atoms with Crippen molar-refractivity contribution in [2.45, 2.75) is 19.4 Å². The molecular formula is C13H15N3S. The Hall–Kier alpha value is -1.68. The van der Waals surface area contributed by atoms with Gasteiger partial charge in [0.1, 0.15) is 0 Å². The molecule has 88 valence electrons. The summed E-state index contributed by atoms with van der Waals surface area (Å²) in [5.74, 6) is 0. The zero-order chi connectivity index (χ0) is 12.3. The van der Waals surface area contributed by atoms with Crippen LogP contribution >= 0.6 is 12.2 Å². The van der Waals surface area contributed by atoms with Crippen LogP contribution in [0.15, 0.2) is 42.6 Å². The lowest BCUT2D eigenvalue weighted by Gasteiger charge is -2.17. The predicted molar refractivity (Wildman–Crippen MR) is 72.9 cm³/mol. The maximum Gasteiger partial charge on any atom is 0.0831 e. The zero-order valence-corrected chi connectivity index (χ0v) is 10.5. The summed E-state index contributed by atoms with van der Waals surface area (Å²) in [5.41, 5.74) is 7.83. The Labute approximate surface area is 106 Å². The van der Waals surface area contributed by atoms with E-state index in [1.807, 2.05) is 42.1 Å². The molecule has 0 spiro atoms. The van der Waals surface area contributed by atoms with Gasteiger partial charge in [-0.2, -0.15) is 5.10 Å². The summed E-state index contributed by atoms with van der Waals surface area (Å²) < 4.78 is 1.92. The van der Waals surface area contributed by atoms with Crippen molar-refractivity contribution in [2.24, 2.45) is 5.73 Å². The molecule has 3 nitrogen and oxygen atoms in total. The molecule has 0 radical (unpaired) electrons. The lowest BCUT2D eigenvalue weighted by Crippen LogP contribution is -2.19. The first kappa shape index (κ1) is 11.8. The lowest BCUT2D eigenvalue weighted by molar-refractivity contribution is 0.536. The van der Waals surface area contributed by atoms with E-state index in [2.05, 4.69) is 17.2 Å². The third-order valence-corrected chi connectivity index (χ3v) is 2.81. The molecule has 0 bridgehead atoms. The van der Waals surface area contributed by atoms with Gasteiger partial charge in [0, 0.05) is 12.6 Å². The van der Waals surface area contributed by atoms with Crippen LogP contribution in [0.1, 0.15) is 23.7 Å². The Morgan fingerprint density at radius 1 is 1.35 bits per heavy atom. The number of nitrogens with two attached hydrogens (primary N) is 1. The third kappa shape index (κ3) is 2.91. The molecule has 2 rings (SSSR count). The van der Waals surface area contributed by atoms with Gasteiger partial charge in [0.25, 0.3) is 0 Å². The summed E-state index contributed by atoms with van der Waals surface area (Å²) in [6, 6.07) is 12.2. The quantitative estimate of drug-likeness (QED) is 0.841. The van der Waals surface area contributed by atoms with Crippen molar-refractivity contribution in [3.05, 3.63) is 53.9 Å². The number of rotatable bonds is 4. The van der Waals surface area contributed by atoms with Crippen LogP contribution in [0.5, 0.6) is 0 Å². The van der Waals surface area contributed by atoms with E-state index in [1.165, 1.54) is 5.56 Å². The Morgan fingerprint density at radius 2 is 2.06 bits per heavy atom. The van der Waals surface area contributed by atoms with Gasteiger partial charge in [0.05, 0.1) is 16.7 Å². The number of benzene rings is 1. The Balaban J connectivity index is 2.35. The first-order valence-electron chi connectivity index (χ1n) is 5.52. The standard InChI is InChI=1S/C13H15N3S/c1-10-7-8-16(15-10)12(9-13(14)17)11-5-3-2-4-6-11/h2-8,12H,9H2,1H3,(H2,14,17). The Kier molecular flexibility index (Phi) is 3.54. The topological polar surface area (TPSA) is 43.8 Å². The number of hydrogen-bond acceptors (Lipinski definition) is 2. The second kappa shape index (κ2) is 5.10. The van der Waals surface area contributed by atoms with Gasteiger partial charge in [-0.1, -0.05) is 42.5 Å². The Morgan fingerprint density at radius 3 is 2.59 bits per heavy atom. The highest BCUT2D eigenvalue weighted by Crippen LogP contribution is 2.21. The van der Waals surface area contributed by atoms with Crippen LogP contribution in [0.25, 0.3) is 0 Å². The van der Waals surface area contributed by atoms with E-state index in [1.54, 1.807) is 0 Å². The Bertz CT molecular complexity index is 504. The number of aryl methyl sites for hydroxylation is 1. The minimum Gasteiger partial charge on any atom is -0.393 e. The third-order valence-electron chi connectivity index (χ3n) is 2.64. The highest BCUT2D eigenvalue weighted by molar-refractivity contribution is 7.80. The van der Waals surface area contributed by atoms with Crippen LogP contribution in [-0.4, -0.2) is 14.8 Å². The van der Waals surface area contributed by atoms with Gasteiger partial charge in [0.15, 0.2) is 0 Å². The van der Waals surface area contributed by atoms with Crippen molar-refractivity contribution in [3.63, 3.8) is 0 Å². The van der Waals surface area contributed by atoms with Crippen LogP contribution in [0.4, 0.5) is 0 Å². The highest BCUT2D eigenvalue weighted by atomic mass is 32.1. The smallest absolute Gasteiger partial charge is 0.0831 e. The molecule has 0 saturated heterocycles. The fourth-order valence-electron chi connectivity index (χ4n) is 1.84. The van der Waals surface area contributed by atoms with E-state index < -0.39 is 0 Å². The summed E-state index contributed by atoms with van der Waals surface area (Å²) in [6.45, 7) is 1.97. The first-order valence-corrected chi connectivity index (χ1v) is 5.92. The molecule has 1 aromatic heterocycles. The van der Waals surface area contributed by atoms with Crippen molar-refractivity contribution in [1.29, 1.82) is 0 Å². The second-order valence-electron chi connectivity index (χ2n) is 4.03. The highest BCUT2D eigenvalue weighted by Gasteiger charge is 2.15. The molecule has 0 amide bonds. The second-order valence-corrected chi connectivity index (χ2v) is 4.56. The number of thiocarbonyl (C=S) groups is 1. The molecule has 1 atom stereocenters. The van der Waals surface area contributed by atoms with E-state index in [0.717, 1.165) is 5.69 Å². The normalized spacial score (nSPS) is 12.3. The van der Waals surface area contributed by atoms with Crippen molar-refractivity contribution >= 4 is 17.2 Å². The van der Waals surface area contributed by atoms with Crippen LogP contribution in [0.2, 0.25) is 0 Å². The van der Waals surface area contributed by atoms with Crippen molar-refractivity contribution in [1.82, 2.24) is 9.78 Å². The first-order chi connectivity index (χ1) is 8.16. The summed E-state index contributed by atoms with van der Waals surface area (Å²) in [7, 11) is 0. The van der Waals surface area contributed by atoms with E-state index in [4.69, 9.17) is 18.0 Å². The van der Waals surface area contributed by atoms with Gasteiger partial charge >= 0.3 is 0 Å². The fourth-order valence-corrected chi connectivity index (χ4v) is 1.99. The van der Waals surface area contributed by atoms with Crippen molar-refractivity contribution in [3.8, 4) is 0 Å². The molecule has 1 heterocycles. The van der Waals surface area contributed by atoms with Gasteiger partial charge in [-0.15, -0.1) is 0 Å². The van der Waals surface area contributed by atoms with Gasteiger partial charge < -0.3 is 5.73 Å². The monoisotopic (exact) mass is 245 g/mol. The average molecular weight is 245 g/mol. The predicted octanol–water partition coefficient (Wildman–Crippen LogP) is 2.46. The molecule has 0 aliphatic heterocycles. The summed E-state index contributed by atoms with van der Waals surface area (Å²) in [6.07, 6.45) is 2.59. The van der Waals surface area contributed by atoms with E-state index in [-0.39, 0.29) is 6.04 Å².